The molecule has 15 heavy (non-hydrogen) atoms. The van der Waals surface area contributed by atoms with E-state index < -0.39 is 19.1 Å². The number of alkyl halides is 2. The maximum atomic E-state index is 12.8. The molecule has 0 amide bonds. The van der Waals surface area contributed by atoms with Crippen LogP contribution in [0.4, 0.5) is 8.78 Å². The van der Waals surface area contributed by atoms with Gasteiger partial charge in [0.05, 0.1) is 6.54 Å². The van der Waals surface area contributed by atoms with Crippen molar-refractivity contribution in [2.75, 3.05) is 26.2 Å². The first-order valence-corrected chi connectivity index (χ1v) is 5.58. The van der Waals surface area contributed by atoms with Crippen LogP contribution in [0.5, 0.6) is 0 Å². The first-order chi connectivity index (χ1) is 7.12. The predicted octanol–water partition coefficient (Wildman–Crippen LogP) is 0.440. The molecule has 2 unspecified atom stereocenters. The van der Waals surface area contributed by atoms with Crippen molar-refractivity contribution < 1.29 is 13.9 Å². The molecule has 0 aromatic rings. The zero-order valence-electron chi connectivity index (χ0n) is 8.75. The standard InChI is InChI=1S/C10H18F2N2O/c11-10(12,7-15)6-13-8-3-5-14-4-1-2-9(8)14/h8-9,13,15H,1-7H2. The molecule has 0 bridgehead atoms. The molecule has 3 nitrogen and oxygen atoms in total. The number of rotatable bonds is 4. The van der Waals surface area contributed by atoms with Gasteiger partial charge in [0.25, 0.3) is 5.92 Å². The van der Waals surface area contributed by atoms with Gasteiger partial charge in [-0.05, 0) is 25.8 Å². The van der Waals surface area contributed by atoms with E-state index in [0.29, 0.717) is 6.04 Å². The van der Waals surface area contributed by atoms with Crippen LogP contribution in [0.2, 0.25) is 0 Å². The van der Waals surface area contributed by atoms with Gasteiger partial charge in [0, 0.05) is 18.6 Å². The second-order valence-electron chi connectivity index (χ2n) is 4.54. The molecule has 2 atom stereocenters. The van der Waals surface area contributed by atoms with Gasteiger partial charge in [-0.2, -0.15) is 0 Å². The highest BCUT2D eigenvalue weighted by molar-refractivity contribution is 4.96. The summed E-state index contributed by atoms with van der Waals surface area (Å²) in [6, 6.07) is 0.629. The Morgan fingerprint density at radius 2 is 2.13 bits per heavy atom. The summed E-state index contributed by atoms with van der Waals surface area (Å²) in [7, 11) is 0. The van der Waals surface area contributed by atoms with Gasteiger partial charge in [-0.3, -0.25) is 4.90 Å². The number of fused-ring (bicyclic) bond motifs is 1. The molecule has 88 valence electrons. The molecule has 2 aliphatic heterocycles. The molecule has 0 aromatic carbocycles. The summed E-state index contributed by atoms with van der Waals surface area (Å²) >= 11 is 0. The van der Waals surface area contributed by atoms with Crippen molar-refractivity contribution in [2.45, 2.75) is 37.3 Å². The first kappa shape index (κ1) is 11.2. The molecule has 2 fully saturated rings. The van der Waals surface area contributed by atoms with E-state index in [1.165, 1.54) is 6.42 Å². The van der Waals surface area contributed by atoms with Crippen LogP contribution in [0.1, 0.15) is 19.3 Å². The Morgan fingerprint density at radius 1 is 1.33 bits per heavy atom. The molecular formula is C10H18F2N2O. The van der Waals surface area contributed by atoms with E-state index in [4.69, 9.17) is 5.11 Å². The number of hydrogen-bond acceptors (Lipinski definition) is 3. The fraction of sp³-hybridized carbons (Fsp3) is 1.00. The molecule has 2 N–H and O–H groups in total. The zero-order chi connectivity index (χ0) is 10.9. The molecule has 2 rings (SSSR count). The van der Waals surface area contributed by atoms with Gasteiger partial charge < -0.3 is 10.4 Å². The van der Waals surface area contributed by atoms with E-state index in [9.17, 15) is 8.78 Å². The Hall–Kier alpha value is -0.260. The molecule has 0 spiro atoms. The van der Waals surface area contributed by atoms with E-state index in [2.05, 4.69) is 10.2 Å². The average Bonchev–Trinajstić information content (AvgIpc) is 2.77. The summed E-state index contributed by atoms with van der Waals surface area (Å²) in [4.78, 5) is 2.37. The fourth-order valence-corrected chi connectivity index (χ4v) is 2.66. The molecule has 5 heteroatoms. The second-order valence-corrected chi connectivity index (χ2v) is 4.54. The molecule has 2 aliphatic rings. The Kier molecular flexibility index (Phi) is 3.23. The monoisotopic (exact) mass is 220 g/mol. The lowest BCUT2D eigenvalue weighted by atomic mass is 10.1. The third-order valence-corrected chi connectivity index (χ3v) is 3.46. The van der Waals surface area contributed by atoms with E-state index in [-0.39, 0.29) is 6.04 Å². The molecule has 0 aliphatic carbocycles. The summed E-state index contributed by atoms with van der Waals surface area (Å²) in [5, 5.41) is 11.3. The molecule has 0 aromatic heterocycles. The minimum Gasteiger partial charge on any atom is -0.390 e. The Labute approximate surface area is 88.4 Å². The average molecular weight is 220 g/mol. The largest absolute Gasteiger partial charge is 0.390 e. The van der Waals surface area contributed by atoms with Gasteiger partial charge in [0.2, 0.25) is 0 Å². The SMILES string of the molecule is OCC(F)(F)CNC1CCN2CCCC12. The van der Waals surface area contributed by atoms with Gasteiger partial charge >= 0.3 is 0 Å². The van der Waals surface area contributed by atoms with Crippen LogP contribution in [0.15, 0.2) is 0 Å². The van der Waals surface area contributed by atoms with Crippen molar-refractivity contribution >= 4 is 0 Å². The first-order valence-electron chi connectivity index (χ1n) is 5.58. The molecule has 2 heterocycles. The normalized spacial score (nSPS) is 32.2. The topological polar surface area (TPSA) is 35.5 Å². The van der Waals surface area contributed by atoms with E-state index in [1.807, 2.05) is 0 Å². The van der Waals surface area contributed by atoms with Crippen LogP contribution in [0.25, 0.3) is 0 Å². The number of aliphatic hydroxyl groups is 1. The second kappa shape index (κ2) is 4.31. The highest BCUT2D eigenvalue weighted by atomic mass is 19.3. The number of nitrogens with zero attached hydrogens (tertiary/aromatic N) is 1. The Bertz CT molecular complexity index is 225. The van der Waals surface area contributed by atoms with Crippen molar-refractivity contribution in [1.82, 2.24) is 10.2 Å². The van der Waals surface area contributed by atoms with Crippen molar-refractivity contribution in [2.24, 2.45) is 0 Å². The number of aliphatic hydroxyl groups excluding tert-OH is 1. The molecular weight excluding hydrogens is 202 g/mol. The van der Waals surface area contributed by atoms with Crippen LogP contribution >= 0.6 is 0 Å². The predicted molar refractivity (Wildman–Crippen MR) is 53.0 cm³/mol. The number of halogens is 2. The highest BCUT2D eigenvalue weighted by Gasteiger charge is 2.38. The van der Waals surface area contributed by atoms with Crippen LogP contribution in [0, 0.1) is 0 Å². The van der Waals surface area contributed by atoms with E-state index >= 15 is 0 Å². The van der Waals surface area contributed by atoms with Crippen molar-refractivity contribution in [3.05, 3.63) is 0 Å². The van der Waals surface area contributed by atoms with Crippen molar-refractivity contribution in [3.8, 4) is 0 Å². The molecule has 2 saturated heterocycles. The van der Waals surface area contributed by atoms with E-state index in [1.54, 1.807) is 0 Å². The van der Waals surface area contributed by atoms with Crippen LogP contribution in [-0.2, 0) is 0 Å². The smallest absolute Gasteiger partial charge is 0.282 e. The maximum Gasteiger partial charge on any atom is 0.282 e. The van der Waals surface area contributed by atoms with Gasteiger partial charge in [-0.25, -0.2) is 8.78 Å². The van der Waals surface area contributed by atoms with Crippen LogP contribution in [0.3, 0.4) is 0 Å². The molecule has 0 saturated carbocycles. The lowest BCUT2D eigenvalue weighted by molar-refractivity contribution is -0.0497. The minimum absolute atomic E-state index is 0.185. The van der Waals surface area contributed by atoms with Gasteiger partial charge in [-0.15, -0.1) is 0 Å². The summed E-state index contributed by atoms with van der Waals surface area (Å²) in [5.41, 5.74) is 0. The van der Waals surface area contributed by atoms with Crippen molar-refractivity contribution in [3.63, 3.8) is 0 Å². The molecule has 0 radical (unpaired) electrons. The fourth-order valence-electron chi connectivity index (χ4n) is 2.66. The number of hydrogen-bond donors (Lipinski definition) is 2. The third-order valence-electron chi connectivity index (χ3n) is 3.46. The lowest BCUT2D eigenvalue weighted by Crippen LogP contribution is -2.45. The highest BCUT2D eigenvalue weighted by Crippen LogP contribution is 2.28. The lowest BCUT2D eigenvalue weighted by Gasteiger charge is -2.23. The van der Waals surface area contributed by atoms with Gasteiger partial charge in [0.1, 0.15) is 6.61 Å². The summed E-state index contributed by atoms with van der Waals surface area (Å²) in [6.45, 7) is 0.659. The van der Waals surface area contributed by atoms with Crippen molar-refractivity contribution in [1.29, 1.82) is 0 Å². The Balaban J connectivity index is 1.80. The maximum absolute atomic E-state index is 12.8. The summed E-state index contributed by atoms with van der Waals surface area (Å²) in [6.07, 6.45) is 3.24. The quantitative estimate of drug-likeness (QED) is 0.721. The Morgan fingerprint density at radius 3 is 2.87 bits per heavy atom. The number of nitrogens with one attached hydrogen (secondary N) is 1. The van der Waals surface area contributed by atoms with Crippen LogP contribution in [-0.4, -0.2) is 54.3 Å². The van der Waals surface area contributed by atoms with E-state index in [0.717, 1.165) is 25.9 Å². The van der Waals surface area contributed by atoms with Gasteiger partial charge in [-0.1, -0.05) is 0 Å². The summed E-state index contributed by atoms with van der Waals surface area (Å²) in [5.74, 6) is -2.98. The van der Waals surface area contributed by atoms with Crippen LogP contribution < -0.4 is 5.32 Å². The minimum atomic E-state index is -2.98. The zero-order valence-corrected chi connectivity index (χ0v) is 8.75. The van der Waals surface area contributed by atoms with Gasteiger partial charge in [0.15, 0.2) is 0 Å². The third kappa shape index (κ3) is 2.46. The summed E-state index contributed by atoms with van der Waals surface area (Å²) < 4.78 is 25.6.